The van der Waals surface area contributed by atoms with Crippen molar-refractivity contribution in [3.05, 3.63) is 18.0 Å². The first-order valence-corrected chi connectivity index (χ1v) is 9.40. The summed E-state index contributed by atoms with van der Waals surface area (Å²) in [7, 11) is 1.84. The Morgan fingerprint density at radius 3 is 2.88 bits per heavy atom. The lowest BCUT2D eigenvalue weighted by Gasteiger charge is -2.33. The third-order valence-electron chi connectivity index (χ3n) is 4.85. The van der Waals surface area contributed by atoms with Gasteiger partial charge in [-0.05, 0) is 40.2 Å². The van der Waals surface area contributed by atoms with Gasteiger partial charge < -0.3 is 15.7 Å². The number of guanidine groups is 1. The molecule has 2 rings (SSSR count). The molecule has 3 N–H and O–H groups in total. The number of aryl methyl sites for hydroxylation is 1. The van der Waals surface area contributed by atoms with Gasteiger partial charge in [0.2, 0.25) is 0 Å². The smallest absolute Gasteiger partial charge is 0.191 e. The average molecular weight is 351 g/mol. The SMILES string of the molecule is CCNC(=NCC(C)(O)c1cnn(C)c1)NCCN1CCCCC1C. The molecule has 25 heavy (non-hydrogen) atoms. The first-order chi connectivity index (χ1) is 11.9. The van der Waals surface area contributed by atoms with Crippen LogP contribution in [-0.4, -0.2) is 64.5 Å². The molecular weight excluding hydrogens is 316 g/mol. The van der Waals surface area contributed by atoms with Crippen molar-refractivity contribution >= 4 is 5.96 Å². The highest BCUT2D eigenvalue weighted by Crippen LogP contribution is 2.19. The normalized spacial score (nSPS) is 21.8. The van der Waals surface area contributed by atoms with Gasteiger partial charge in [-0.3, -0.25) is 9.58 Å². The minimum Gasteiger partial charge on any atom is -0.383 e. The number of nitrogens with one attached hydrogen (secondary N) is 2. The summed E-state index contributed by atoms with van der Waals surface area (Å²) in [6.45, 7) is 10.3. The minimum atomic E-state index is -1.03. The van der Waals surface area contributed by atoms with Gasteiger partial charge in [-0.15, -0.1) is 0 Å². The van der Waals surface area contributed by atoms with Crippen LogP contribution in [0.2, 0.25) is 0 Å². The molecule has 0 radical (unpaired) electrons. The highest BCUT2D eigenvalue weighted by atomic mass is 16.3. The van der Waals surface area contributed by atoms with Crippen molar-refractivity contribution in [3.8, 4) is 0 Å². The molecule has 1 saturated heterocycles. The molecule has 0 spiro atoms. The van der Waals surface area contributed by atoms with E-state index in [-0.39, 0.29) is 6.54 Å². The largest absolute Gasteiger partial charge is 0.383 e. The lowest BCUT2D eigenvalue weighted by Crippen LogP contribution is -2.45. The highest BCUT2D eigenvalue weighted by Gasteiger charge is 2.24. The molecule has 2 unspecified atom stereocenters. The lowest BCUT2D eigenvalue weighted by atomic mass is 10.0. The van der Waals surface area contributed by atoms with Gasteiger partial charge in [0.25, 0.3) is 0 Å². The topological polar surface area (TPSA) is 77.7 Å². The summed E-state index contributed by atoms with van der Waals surface area (Å²) in [4.78, 5) is 7.09. The van der Waals surface area contributed by atoms with Crippen LogP contribution in [0.4, 0.5) is 0 Å². The number of piperidine rings is 1. The second-order valence-corrected chi connectivity index (χ2v) is 7.18. The van der Waals surface area contributed by atoms with E-state index in [0.29, 0.717) is 6.04 Å². The van der Waals surface area contributed by atoms with Crippen LogP contribution in [0.25, 0.3) is 0 Å². The quantitative estimate of drug-likeness (QED) is 0.506. The molecule has 0 bridgehead atoms. The van der Waals surface area contributed by atoms with Crippen LogP contribution < -0.4 is 10.6 Å². The Bertz CT molecular complexity index is 554. The Morgan fingerprint density at radius 1 is 1.44 bits per heavy atom. The van der Waals surface area contributed by atoms with E-state index < -0.39 is 5.60 Å². The van der Waals surface area contributed by atoms with E-state index in [9.17, 15) is 5.11 Å². The molecule has 0 aromatic carbocycles. The van der Waals surface area contributed by atoms with Crippen molar-refractivity contribution in [2.24, 2.45) is 12.0 Å². The molecule has 0 saturated carbocycles. The third kappa shape index (κ3) is 6.01. The van der Waals surface area contributed by atoms with Gasteiger partial charge in [0.05, 0.1) is 12.7 Å². The van der Waals surface area contributed by atoms with E-state index in [4.69, 9.17) is 0 Å². The van der Waals surface area contributed by atoms with E-state index in [1.54, 1.807) is 17.8 Å². The first kappa shape index (κ1) is 19.7. The summed E-state index contributed by atoms with van der Waals surface area (Å²) in [5, 5.41) is 21.4. The molecule has 1 fully saturated rings. The van der Waals surface area contributed by atoms with Gasteiger partial charge in [0.15, 0.2) is 5.96 Å². The van der Waals surface area contributed by atoms with Gasteiger partial charge in [-0.25, -0.2) is 4.99 Å². The molecule has 1 aromatic heterocycles. The van der Waals surface area contributed by atoms with Crippen LogP contribution >= 0.6 is 0 Å². The summed E-state index contributed by atoms with van der Waals surface area (Å²) in [6, 6.07) is 0.668. The highest BCUT2D eigenvalue weighted by molar-refractivity contribution is 5.79. The molecule has 1 aliphatic heterocycles. The zero-order chi connectivity index (χ0) is 18.3. The molecule has 1 aromatic rings. The van der Waals surface area contributed by atoms with Crippen molar-refractivity contribution in [1.29, 1.82) is 0 Å². The van der Waals surface area contributed by atoms with Crippen molar-refractivity contribution in [2.75, 3.05) is 32.7 Å². The summed E-state index contributed by atoms with van der Waals surface area (Å²) < 4.78 is 1.69. The van der Waals surface area contributed by atoms with Crippen molar-refractivity contribution in [3.63, 3.8) is 0 Å². The number of hydrogen-bond donors (Lipinski definition) is 3. The Hall–Kier alpha value is -1.60. The van der Waals surface area contributed by atoms with Gasteiger partial charge in [0.1, 0.15) is 5.60 Å². The maximum Gasteiger partial charge on any atom is 0.191 e. The maximum absolute atomic E-state index is 10.7. The average Bonchev–Trinajstić information content (AvgIpc) is 3.02. The fourth-order valence-corrected chi connectivity index (χ4v) is 3.17. The molecule has 7 nitrogen and oxygen atoms in total. The fourth-order valence-electron chi connectivity index (χ4n) is 3.17. The third-order valence-corrected chi connectivity index (χ3v) is 4.85. The zero-order valence-electron chi connectivity index (χ0n) is 16.1. The van der Waals surface area contributed by atoms with Crippen LogP contribution in [0.1, 0.15) is 45.6 Å². The first-order valence-electron chi connectivity index (χ1n) is 9.40. The molecular formula is C18H34N6O. The van der Waals surface area contributed by atoms with Gasteiger partial charge in [-0.2, -0.15) is 5.10 Å². The lowest BCUT2D eigenvalue weighted by molar-refractivity contribution is 0.0671. The number of nitrogens with zero attached hydrogens (tertiary/aromatic N) is 4. The number of aliphatic imine (C=N–C) groups is 1. The van der Waals surface area contributed by atoms with E-state index in [1.165, 1.54) is 25.8 Å². The Kier molecular flexibility index (Phi) is 7.25. The van der Waals surface area contributed by atoms with E-state index in [2.05, 4.69) is 32.5 Å². The van der Waals surface area contributed by atoms with Crippen molar-refractivity contribution < 1.29 is 5.11 Å². The van der Waals surface area contributed by atoms with Crippen LogP contribution in [0.15, 0.2) is 17.4 Å². The maximum atomic E-state index is 10.7. The summed E-state index contributed by atoms with van der Waals surface area (Å²) >= 11 is 0. The number of likely N-dealkylation sites (tertiary alicyclic amines) is 1. The standard InChI is InChI=1S/C18H34N6O/c1-5-19-17(20-9-11-24-10-7-6-8-15(24)2)21-14-18(3,25)16-12-22-23(4)13-16/h12-13,15,25H,5-11,14H2,1-4H3,(H2,19,20,21). The number of rotatable bonds is 7. The van der Waals surface area contributed by atoms with Crippen LogP contribution in [0, 0.1) is 0 Å². The molecule has 0 amide bonds. The Morgan fingerprint density at radius 2 is 2.24 bits per heavy atom. The molecule has 2 atom stereocenters. The number of hydrogen-bond acceptors (Lipinski definition) is 4. The summed E-state index contributed by atoms with van der Waals surface area (Å²) in [5.41, 5.74) is -0.255. The second kappa shape index (κ2) is 9.20. The minimum absolute atomic E-state index is 0.286. The van der Waals surface area contributed by atoms with Crippen LogP contribution in [0.3, 0.4) is 0 Å². The predicted octanol–water partition coefficient (Wildman–Crippen LogP) is 1.06. The summed E-state index contributed by atoms with van der Waals surface area (Å²) in [6.07, 6.45) is 7.45. The van der Waals surface area contributed by atoms with Crippen LogP contribution in [0.5, 0.6) is 0 Å². The number of aliphatic hydroxyl groups is 1. The molecule has 7 heteroatoms. The predicted molar refractivity (Wildman–Crippen MR) is 102 cm³/mol. The van der Waals surface area contributed by atoms with Gasteiger partial charge >= 0.3 is 0 Å². The summed E-state index contributed by atoms with van der Waals surface area (Å²) in [5.74, 6) is 0.747. The van der Waals surface area contributed by atoms with E-state index >= 15 is 0 Å². The number of aromatic nitrogens is 2. The van der Waals surface area contributed by atoms with E-state index in [0.717, 1.165) is 31.2 Å². The monoisotopic (exact) mass is 350 g/mol. The zero-order valence-corrected chi connectivity index (χ0v) is 16.1. The molecule has 142 valence electrons. The van der Waals surface area contributed by atoms with Gasteiger partial charge in [-0.1, -0.05) is 6.42 Å². The molecule has 0 aliphatic carbocycles. The Labute approximate surface area is 151 Å². The van der Waals surface area contributed by atoms with Gasteiger partial charge in [0, 0.05) is 44.5 Å². The van der Waals surface area contributed by atoms with E-state index in [1.807, 2.05) is 20.2 Å². The van der Waals surface area contributed by atoms with Crippen molar-refractivity contribution in [1.82, 2.24) is 25.3 Å². The molecule has 1 aliphatic rings. The van der Waals surface area contributed by atoms with Crippen LogP contribution in [-0.2, 0) is 12.6 Å². The fraction of sp³-hybridized carbons (Fsp3) is 0.778. The van der Waals surface area contributed by atoms with Crippen molar-refractivity contribution in [2.45, 2.75) is 51.7 Å². The second-order valence-electron chi connectivity index (χ2n) is 7.18. The Balaban J connectivity index is 1.87. The molecule has 2 heterocycles.